The normalized spacial score (nSPS) is 16.3. The molecule has 6 nitrogen and oxygen atoms in total. The molecule has 0 atom stereocenters. The van der Waals surface area contributed by atoms with Crippen molar-refractivity contribution >= 4 is 15.9 Å². The van der Waals surface area contributed by atoms with Gasteiger partial charge < -0.3 is 10.2 Å². The molecule has 0 spiro atoms. The molecule has 1 saturated heterocycles. The Morgan fingerprint density at radius 2 is 1.95 bits per heavy atom. The van der Waals surface area contributed by atoms with Crippen LogP contribution in [0.1, 0.15) is 26.2 Å². The van der Waals surface area contributed by atoms with Crippen LogP contribution in [0.2, 0.25) is 0 Å². The first-order valence-electron chi connectivity index (χ1n) is 6.88. The van der Waals surface area contributed by atoms with E-state index in [2.05, 4.69) is 5.32 Å². The van der Waals surface area contributed by atoms with Gasteiger partial charge in [-0.2, -0.15) is 0 Å². The molecule has 0 saturated carbocycles. The lowest BCUT2D eigenvalue weighted by atomic mass is 10.4. The smallest absolute Gasteiger partial charge is 0.236 e. The van der Waals surface area contributed by atoms with Gasteiger partial charge in [-0.25, -0.2) is 12.7 Å². The van der Waals surface area contributed by atoms with Crippen molar-refractivity contribution in [1.82, 2.24) is 14.5 Å². The van der Waals surface area contributed by atoms with Crippen molar-refractivity contribution in [3.8, 4) is 0 Å². The first kappa shape index (κ1) is 16.4. The van der Waals surface area contributed by atoms with Gasteiger partial charge in [0.25, 0.3) is 0 Å². The summed E-state index contributed by atoms with van der Waals surface area (Å²) >= 11 is 0. The maximum Gasteiger partial charge on any atom is 0.236 e. The van der Waals surface area contributed by atoms with Crippen LogP contribution in [0.15, 0.2) is 0 Å². The van der Waals surface area contributed by atoms with Crippen molar-refractivity contribution in [1.29, 1.82) is 0 Å². The molecule has 0 aromatic carbocycles. The van der Waals surface area contributed by atoms with E-state index in [0.717, 1.165) is 25.9 Å². The third kappa shape index (κ3) is 5.88. The summed E-state index contributed by atoms with van der Waals surface area (Å²) < 4.78 is 24.1. The highest BCUT2D eigenvalue weighted by Crippen LogP contribution is 2.06. The van der Waals surface area contributed by atoms with Crippen LogP contribution in [0.4, 0.5) is 0 Å². The minimum atomic E-state index is -3.10. The van der Waals surface area contributed by atoms with Crippen molar-refractivity contribution in [3.05, 3.63) is 0 Å². The summed E-state index contributed by atoms with van der Waals surface area (Å²) in [5.74, 6) is 0.146. The molecule has 19 heavy (non-hydrogen) atoms. The minimum Gasteiger partial charge on any atom is -0.342 e. The van der Waals surface area contributed by atoms with Crippen LogP contribution in [0.5, 0.6) is 0 Å². The molecule has 1 N–H and O–H groups in total. The quantitative estimate of drug-likeness (QED) is 0.633. The van der Waals surface area contributed by atoms with E-state index in [-0.39, 0.29) is 5.91 Å². The van der Waals surface area contributed by atoms with Crippen LogP contribution < -0.4 is 5.32 Å². The van der Waals surface area contributed by atoms with E-state index in [1.165, 1.54) is 10.6 Å². The predicted octanol–water partition coefficient (Wildman–Crippen LogP) is -0.130. The first-order valence-corrected chi connectivity index (χ1v) is 8.73. The topological polar surface area (TPSA) is 69.7 Å². The maximum atomic E-state index is 11.7. The molecular weight excluding hydrogens is 266 g/mol. The average molecular weight is 291 g/mol. The Hall–Kier alpha value is -0.660. The Balaban J connectivity index is 2.12. The number of sulfonamides is 1. The SMILES string of the molecule is CCN(CCCNCC(=O)N1CCCC1)S(C)(=O)=O. The molecule has 1 fully saturated rings. The predicted molar refractivity (Wildman–Crippen MR) is 75.4 cm³/mol. The highest BCUT2D eigenvalue weighted by molar-refractivity contribution is 7.88. The van der Waals surface area contributed by atoms with Gasteiger partial charge in [-0.1, -0.05) is 6.92 Å². The van der Waals surface area contributed by atoms with Gasteiger partial charge in [-0.15, -0.1) is 0 Å². The summed E-state index contributed by atoms with van der Waals surface area (Å²) in [6.45, 7) is 5.57. The number of likely N-dealkylation sites (tertiary alicyclic amines) is 1. The van der Waals surface area contributed by atoms with E-state index in [9.17, 15) is 13.2 Å². The zero-order chi connectivity index (χ0) is 14.3. The Labute approximate surface area is 116 Å². The number of rotatable bonds is 8. The van der Waals surface area contributed by atoms with E-state index in [1.807, 2.05) is 11.8 Å². The Kier molecular flexibility index (Phi) is 6.74. The number of hydrogen-bond acceptors (Lipinski definition) is 4. The molecule has 0 bridgehead atoms. The zero-order valence-corrected chi connectivity index (χ0v) is 12.7. The number of hydrogen-bond donors (Lipinski definition) is 1. The van der Waals surface area contributed by atoms with Crippen LogP contribution >= 0.6 is 0 Å². The van der Waals surface area contributed by atoms with Gasteiger partial charge in [0.15, 0.2) is 0 Å². The molecular formula is C12H25N3O3S. The summed E-state index contributed by atoms with van der Waals surface area (Å²) in [4.78, 5) is 13.6. The second-order valence-corrected chi connectivity index (χ2v) is 6.86. The van der Waals surface area contributed by atoms with E-state index >= 15 is 0 Å². The second kappa shape index (κ2) is 7.81. The Morgan fingerprint density at radius 3 is 2.47 bits per heavy atom. The fraction of sp³-hybridized carbons (Fsp3) is 0.917. The maximum absolute atomic E-state index is 11.7. The fourth-order valence-corrected chi connectivity index (χ4v) is 3.14. The summed E-state index contributed by atoms with van der Waals surface area (Å²) in [6.07, 6.45) is 4.14. The summed E-state index contributed by atoms with van der Waals surface area (Å²) in [6, 6.07) is 0. The van der Waals surface area contributed by atoms with E-state index in [0.29, 0.717) is 32.6 Å². The highest BCUT2D eigenvalue weighted by atomic mass is 32.2. The fourth-order valence-electron chi connectivity index (χ4n) is 2.21. The third-order valence-electron chi connectivity index (χ3n) is 3.32. The van der Waals surface area contributed by atoms with Gasteiger partial charge in [0.2, 0.25) is 15.9 Å². The van der Waals surface area contributed by atoms with Crippen molar-refractivity contribution < 1.29 is 13.2 Å². The van der Waals surface area contributed by atoms with Gasteiger partial charge >= 0.3 is 0 Å². The van der Waals surface area contributed by atoms with Crippen LogP contribution in [-0.2, 0) is 14.8 Å². The lowest BCUT2D eigenvalue weighted by Crippen LogP contribution is -2.37. The molecule has 0 aromatic rings. The molecule has 1 aliphatic heterocycles. The third-order valence-corrected chi connectivity index (χ3v) is 4.70. The number of nitrogens with one attached hydrogen (secondary N) is 1. The van der Waals surface area contributed by atoms with Gasteiger partial charge in [0.1, 0.15) is 0 Å². The van der Waals surface area contributed by atoms with Crippen LogP contribution in [0, 0.1) is 0 Å². The molecule has 1 rings (SSSR count). The monoisotopic (exact) mass is 291 g/mol. The zero-order valence-electron chi connectivity index (χ0n) is 11.9. The van der Waals surface area contributed by atoms with Gasteiger partial charge in [-0.05, 0) is 25.8 Å². The van der Waals surface area contributed by atoms with E-state index in [1.54, 1.807) is 0 Å². The second-order valence-electron chi connectivity index (χ2n) is 4.87. The van der Waals surface area contributed by atoms with Gasteiger partial charge in [0.05, 0.1) is 12.8 Å². The number of carbonyl (C=O) groups is 1. The molecule has 1 heterocycles. The van der Waals surface area contributed by atoms with E-state index < -0.39 is 10.0 Å². The van der Waals surface area contributed by atoms with Crippen molar-refractivity contribution in [3.63, 3.8) is 0 Å². The van der Waals surface area contributed by atoms with Gasteiger partial charge in [-0.3, -0.25) is 4.79 Å². The summed E-state index contributed by atoms with van der Waals surface area (Å²) in [5, 5.41) is 3.08. The number of nitrogens with zero attached hydrogens (tertiary/aromatic N) is 2. The molecule has 1 aliphatic rings. The molecule has 0 aromatic heterocycles. The van der Waals surface area contributed by atoms with E-state index in [4.69, 9.17) is 0 Å². The molecule has 7 heteroatoms. The lowest BCUT2D eigenvalue weighted by Gasteiger charge is -2.18. The molecule has 0 radical (unpaired) electrons. The number of amides is 1. The highest BCUT2D eigenvalue weighted by Gasteiger charge is 2.17. The Morgan fingerprint density at radius 1 is 1.32 bits per heavy atom. The van der Waals surface area contributed by atoms with Crippen molar-refractivity contribution in [2.45, 2.75) is 26.2 Å². The van der Waals surface area contributed by atoms with Gasteiger partial charge in [0, 0.05) is 26.2 Å². The summed E-state index contributed by atoms with van der Waals surface area (Å²) in [5.41, 5.74) is 0. The standard InChI is InChI=1S/C12H25N3O3S/c1-3-15(19(2,17)18)10-6-7-13-11-12(16)14-8-4-5-9-14/h13H,3-11H2,1-2H3. The van der Waals surface area contributed by atoms with Crippen molar-refractivity contribution in [2.24, 2.45) is 0 Å². The largest absolute Gasteiger partial charge is 0.342 e. The van der Waals surface area contributed by atoms with Crippen molar-refractivity contribution in [2.75, 3.05) is 45.5 Å². The average Bonchev–Trinajstić information content (AvgIpc) is 2.85. The lowest BCUT2D eigenvalue weighted by molar-refractivity contribution is -0.129. The molecule has 0 aliphatic carbocycles. The van der Waals surface area contributed by atoms with Crippen LogP contribution in [-0.4, -0.2) is 69.1 Å². The van der Waals surface area contributed by atoms with Crippen LogP contribution in [0.3, 0.4) is 0 Å². The molecule has 1 amide bonds. The molecule has 112 valence electrons. The molecule has 0 unspecified atom stereocenters. The summed E-state index contributed by atoms with van der Waals surface area (Å²) in [7, 11) is -3.10. The first-order chi connectivity index (χ1) is 8.95. The minimum absolute atomic E-state index is 0.146. The Bertz CT molecular complexity index is 378. The number of carbonyl (C=O) groups excluding carboxylic acids is 1. The van der Waals surface area contributed by atoms with Crippen LogP contribution in [0.25, 0.3) is 0 Å².